The molecular formula is C10H9FO2. The predicted molar refractivity (Wildman–Crippen MR) is 45.1 cm³/mol. The Morgan fingerprint density at radius 2 is 2.00 bits per heavy atom. The lowest BCUT2D eigenvalue weighted by atomic mass is 10.3. The van der Waals surface area contributed by atoms with Crippen molar-refractivity contribution >= 4 is 5.97 Å². The molecule has 0 bridgehead atoms. The highest BCUT2D eigenvalue weighted by Crippen LogP contribution is 2.35. The zero-order chi connectivity index (χ0) is 9.26. The number of hydrogen-bond donors (Lipinski definition) is 0. The lowest BCUT2D eigenvalue weighted by Crippen LogP contribution is -2.11. The van der Waals surface area contributed by atoms with Crippen molar-refractivity contribution in [1.82, 2.24) is 0 Å². The van der Waals surface area contributed by atoms with Crippen LogP contribution in [-0.2, 0) is 4.79 Å². The molecule has 2 atom stereocenters. The summed E-state index contributed by atoms with van der Waals surface area (Å²) in [6, 6.07) is 8.71. The monoisotopic (exact) mass is 180 g/mol. The van der Waals surface area contributed by atoms with Crippen LogP contribution in [0.25, 0.3) is 0 Å². The van der Waals surface area contributed by atoms with Gasteiger partial charge in [-0.1, -0.05) is 18.2 Å². The van der Waals surface area contributed by atoms with Gasteiger partial charge < -0.3 is 4.74 Å². The first kappa shape index (κ1) is 8.23. The maximum absolute atomic E-state index is 12.4. The summed E-state index contributed by atoms with van der Waals surface area (Å²) in [4.78, 5) is 11.1. The van der Waals surface area contributed by atoms with Gasteiger partial charge in [-0.05, 0) is 18.6 Å². The first-order valence-corrected chi connectivity index (χ1v) is 4.18. The van der Waals surface area contributed by atoms with Gasteiger partial charge in [0.05, 0.1) is 5.92 Å². The quantitative estimate of drug-likeness (QED) is 0.513. The minimum absolute atomic E-state index is 0.311. The molecule has 0 spiro atoms. The van der Waals surface area contributed by atoms with E-state index in [2.05, 4.69) is 0 Å². The van der Waals surface area contributed by atoms with E-state index in [1.54, 1.807) is 24.3 Å². The number of halogens is 1. The van der Waals surface area contributed by atoms with Crippen LogP contribution < -0.4 is 4.74 Å². The number of para-hydroxylation sites is 1. The Morgan fingerprint density at radius 1 is 1.38 bits per heavy atom. The van der Waals surface area contributed by atoms with Crippen LogP contribution in [0.4, 0.5) is 4.39 Å². The van der Waals surface area contributed by atoms with Crippen LogP contribution in [0.15, 0.2) is 30.3 Å². The normalized spacial score (nSPS) is 25.3. The van der Waals surface area contributed by atoms with Gasteiger partial charge in [0.2, 0.25) is 0 Å². The van der Waals surface area contributed by atoms with E-state index in [0.717, 1.165) is 0 Å². The molecule has 0 aromatic heterocycles. The summed E-state index contributed by atoms with van der Waals surface area (Å²) < 4.78 is 17.4. The fraction of sp³-hybridized carbons (Fsp3) is 0.300. The summed E-state index contributed by atoms with van der Waals surface area (Å²) in [6.45, 7) is 0. The van der Waals surface area contributed by atoms with Gasteiger partial charge in [-0.15, -0.1) is 0 Å². The van der Waals surface area contributed by atoms with Gasteiger partial charge in [0.25, 0.3) is 0 Å². The smallest absolute Gasteiger partial charge is 0.317 e. The molecule has 0 radical (unpaired) electrons. The molecule has 1 aromatic carbocycles. The molecule has 2 nitrogen and oxygen atoms in total. The molecular weight excluding hydrogens is 171 g/mol. The number of rotatable bonds is 2. The molecule has 13 heavy (non-hydrogen) atoms. The molecule has 1 aromatic rings. The third-order valence-electron chi connectivity index (χ3n) is 1.98. The molecule has 0 heterocycles. The van der Waals surface area contributed by atoms with Gasteiger partial charge in [0.1, 0.15) is 11.9 Å². The van der Waals surface area contributed by atoms with E-state index in [9.17, 15) is 9.18 Å². The number of esters is 1. The average molecular weight is 180 g/mol. The fourth-order valence-electron chi connectivity index (χ4n) is 1.09. The zero-order valence-electron chi connectivity index (χ0n) is 6.94. The van der Waals surface area contributed by atoms with Crippen LogP contribution in [0.2, 0.25) is 0 Å². The summed E-state index contributed by atoms with van der Waals surface area (Å²) in [6.07, 6.45) is -0.678. The molecule has 1 fully saturated rings. The lowest BCUT2D eigenvalue weighted by Gasteiger charge is -2.01. The predicted octanol–water partition coefficient (Wildman–Crippen LogP) is 1.95. The van der Waals surface area contributed by atoms with Crippen molar-refractivity contribution in [3.05, 3.63) is 30.3 Å². The Bertz CT molecular complexity index is 310. The van der Waals surface area contributed by atoms with E-state index in [-0.39, 0.29) is 0 Å². The van der Waals surface area contributed by atoms with Crippen molar-refractivity contribution in [2.24, 2.45) is 5.92 Å². The maximum atomic E-state index is 12.4. The summed E-state index contributed by atoms with van der Waals surface area (Å²) in [5.41, 5.74) is 0. The van der Waals surface area contributed by atoms with Crippen molar-refractivity contribution in [1.29, 1.82) is 0 Å². The van der Waals surface area contributed by atoms with E-state index in [4.69, 9.17) is 4.74 Å². The van der Waals surface area contributed by atoms with Crippen LogP contribution >= 0.6 is 0 Å². The minimum Gasteiger partial charge on any atom is -0.426 e. The number of ether oxygens (including phenoxy) is 1. The molecule has 1 aliphatic rings. The van der Waals surface area contributed by atoms with Crippen LogP contribution in [0.3, 0.4) is 0 Å². The van der Waals surface area contributed by atoms with Crippen molar-refractivity contribution in [2.45, 2.75) is 12.6 Å². The third-order valence-corrected chi connectivity index (χ3v) is 1.98. The Hall–Kier alpha value is -1.38. The summed E-state index contributed by atoms with van der Waals surface area (Å²) in [5, 5.41) is 0. The molecule has 3 heteroatoms. The Labute approximate surface area is 75.3 Å². The van der Waals surface area contributed by atoms with Crippen molar-refractivity contribution in [2.75, 3.05) is 0 Å². The molecule has 68 valence electrons. The number of alkyl halides is 1. The standard InChI is InChI=1S/C10H9FO2/c11-9-6-8(9)10(12)13-7-4-2-1-3-5-7/h1-5,8-9H,6H2. The third kappa shape index (κ3) is 1.86. The van der Waals surface area contributed by atoms with Gasteiger partial charge >= 0.3 is 5.97 Å². The van der Waals surface area contributed by atoms with E-state index >= 15 is 0 Å². The van der Waals surface area contributed by atoms with Crippen molar-refractivity contribution in [3.63, 3.8) is 0 Å². The van der Waals surface area contributed by atoms with E-state index in [0.29, 0.717) is 12.2 Å². The van der Waals surface area contributed by atoms with E-state index in [1.165, 1.54) is 0 Å². The minimum atomic E-state index is -0.990. The van der Waals surface area contributed by atoms with Gasteiger partial charge in [-0.2, -0.15) is 0 Å². The fourth-order valence-corrected chi connectivity index (χ4v) is 1.09. The molecule has 1 aliphatic carbocycles. The Morgan fingerprint density at radius 3 is 2.54 bits per heavy atom. The molecule has 0 saturated heterocycles. The second-order valence-electron chi connectivity index (χ2n) is 3.09. The van der Waals surface area contributed by atoms with Crippen LogP contribution in [0.5, 0.6) is 5.75 Å². The molecule has 1 saturated carbocycles. The second kappa shape index (κ2) is 3.17. The highest BCUT2D eigenvalue weighted by Gasteiger charge is 2.45. The van der Waals surface area contributed by atoms with Crippen LogP contribution in [0.1, 0.15) is 6.42 Å². The molecule has 0 amide bonds. The van der Waals surface area contributed by atoms with E-state index < -0.39 is 18.1 Å². The first-order valence-electron chi connectivity index (χ1n) is 4.18. The van der Waals surface area contributed by atoms with E-state index in [1.807, 2.05) is 6.07 Å². The Balaban J connectivity index is 1.95. The zero-order valence-corrected chi connectivity index (χ0v) is 6.94. The molecule has 0 aliphatic heterocycles. The van der Waals surface area contributed by atoms with Crippen LogP contribution in [-0.4, -0.2) is 12.1 Å². The molecule has 2 unspecified atom stereocenters. The second-order valence-corrected chi connectivity index (χ2v) is 3.09. The highest BCUT2D eigenvalue weighted by atomic mass is 19.1. The molecule has 0 N–H and O–H groups in total. The summed E-state index contributed by atoms with van der Waals surface area (Å²) >= 11 is 0. The maximum Gasteiger partial charge on any atom is 0.317 e. The first-order chi connectivity index (χ1) is 6.27. The largest absolute Gasteiger partial charge is 0.426 e. The van der Waals surface area contributed by atoms with Gasteiger partial charge in [0.15, 0.2) is 0 Å². The number of carbonyl (C=O) groups excluding carboxylic acids is 1. The van der Waals surface area contributed by atoms with Crippen LogP contribution in [0, 0.1) is 5.92 Å². The van der Waals surface area contributed by atoms with Gasteiger partial charge in [0, 0.05) is 0 Å². The topological polar surface area (TPSA) is 26.3 Å². The number of benzene rings is 1. The van der Waals surface area contributed by atoms with Crippen molar-refractivity contribution in [3.8, 4) is 5.75 Å². The van der Waals surface area contributed by atoms with Gasteiger partial charge in [-0.25, -0.2) is 4.39 Å². The number of hydrogen-bond acceptors (Lipinski definition) is 2. The van der Waals surface area contributed by atoms with Gasteiger partial charge in [-0.3, -0.25) is 4.79 Å². The Kier molecular flexibility index (Phi) is 2.00. The summed E-state index contributed by atoms with van der Waals surface area (Å²) in [5.74, 6) is -0.509. The molecule has 2 rings (SSSR count). The number of carbonyl (C=O) groups is 1. The lowest BCUT2D eigenvalue weighted by molar-refractivity contribution is -0.136. The highest BCUT2D eigenvalue weighted by molar-refractivity contribution is 5.78. The average Bonchev–Trinajstić information content (AvgIpc) is 2.84. The SMILES string of the molecule is O=C(Oc1ccccc1)C1CC1F. The van der Waals surface area contributed by atoms with Crippen molar-refractivity contribution < 1.29 is 13.9 Å². The summed E-state index contributed by atoms with van der Waals surface area (Å²) in [7, 11) is 0.